The number of sulfonamides is 1. The maximum absolute atomic E-state index is 13.0. The Kier molecular flexibility index (Phi) is 4.05. The minimum absolute atomic E-state index is 0.256. The number of benzene rings is 1. The van der Waals surface area contributed by atoms with Gasteiger partial charge in [-0.25, -0.2) is 8.42 Å². The van der Waals surface area contributed by atoms with Crippen LogP contribution in [0.15, 0.2) is 29.2 Å². The summed E-state index contributed by atoms with van der Waals surface area (Å²) in [6.45, 7) is 2.31. The Morgan fingerprint density at radius 2 is 1.77 bits per heavy atom. The highest BCUT2D eigenvalue weighted by Crippen LogP contribution is 2.44. The van der Waals surface area contributed by atoms with Crippen LogP contribution >= 0.6 is 0 Å². The monoisotopic (exact) mass is 325 g/mol. The van der Waals surface area contributed by atoms with E-state index < -0.39 is 27.8 Å². The summed E-state index contributed by atoms with van der Waals surface area (Å²) in [6, 6.07) is 6.79. The molecule has 122 valence electrons. The molecular weight excluding hydrogens is 302 g/mol. The van der Waals surface area contributed by atoms with E-state index in [2.05, 4.69) is 0 Å². The van der Waals surface area contributed by atoms with E-state index in [1.165, 1.54) is 4.31 Å². The van der Waals surface area contributed by atoms with Gasteiger partial charge in [-0.2, -0.15) is 4.31 Å². The van der Waals surface area contributed by atoms with Gasteiger partial charge < -0.3 is 10.2 Å². The van der Waals surface area contributed by atoms with Gasteiger partial charge in [0, 0.05) is 6.54 Å². The van der Waals surface area contributed by atoms with Crippen molar-refractivity contribution in [3.05, 3.63) is 29.8 Å². The van der Waals surface area contributed by atoms with Crippen molar-refractivity contribution >= 4 is 10.0 Å². The predicted octanol–water partition coefficient (Wildman–Crippen LogP) is 1.42. The number of nitrogens with zero attached hydrogens (tertiary/aromatic N) is 1. The van der Waals surface area contributed by atoms with Crippen LogP contribution in [0.25, 0.3) is 0 Å². The molecule has 1 aromatic rings. The van der Waals surface area contributed by atoms with Gasteiger partial charge in [-0.3, -0.25) is 0 Å². The molecular formula is C16H23NO4S. The molecule has 1 heterocycles. The van der Waals surface area contributed by atoms with Gasteiger partial charge in [0.1, 0.15) is 0 Å². The van der Waals surface area contributed by atoms with Crippen LogP contribution in [0.3, 0.4) is 0 Å². The Hall–Kier alpha value is -0.950. The lowest BCUT2D eigenvalue weighted by atomic mass is 9.77. The first-order valence-corrected chi connectivity index (χ1v) is 9.28. The summed E-state index contributed by atoms with van der Waals surface area (Å²) >= 11 is 0. The van der Waals surface area contributed by atoms with Crippen molar-refractivity contribution in [2.24, 2.45) is 0 Å². The molecule has 1 spiro atoms. The van der Waals surface area contributed by atoms with Gasteiger partial charge in [0.25, 0.3) is 0 Å². The fourth-order valence-corrected chi connectivity index (χ4v) is 5.77. The molecule has 5 nitrogen and oxygen atoms in total. The summed E-state index contributed by atoms with van der Waals surface area (Å²) in [6.07, 6.45) is 1.34. The molecule has 2 aliphatic rings. The summed E-state index contributed by atoms with van der Waals surface area (Å²) in [5.74, 6) is 0. The molecule has 6 heteroatoms. The summed E-state index contributed by atoms with van der Waals surface area (Å²) in [4.78, 5) is 0.256. The zero-order valence-corrected chi connectivity index (χ0v) is 13.6. The number of aliphatic hydroxyl groups is 2. The minimum Gasteiger partial charge on any atom is -0.390 e. The fraction of sp³-hybridized carbons (Fsp3) is 0.625. The van der Waals surface area contributed by atoms with Crippen LogP contribution in [-0.2, 0) is 10.0 Å². The molecule has 3 rings (SSSR count). The maximum atomic E-state index is 13.0. The lowest BCUT2D eigenvalue weighted by molar-refractivity contribution is -0.0855. The number of hydrogen-bond acceptors (Lipinski definition) is 4. The van der Waals surface area contributed by atoms with E-state index in [0.29, 0.717) is 25.8 Å². The van der Waals surface area contributed by atoms with Gasteiger partial charge in [0.05, 0.1) is 22.6 Å². The van der Waals surface area contributed by atoms with Crippen molar-refractivity contribution in [3.63, 3.8) is 0 Å². The van der Waals surface area contributed by atoms with Crippen LogP contribution in [-0.4, -0.2) is 47.2 Å². The normalized spacial score (nSPS) is 33.4. The molecule has 1 saturated heterocycles. The zero-order chi connectivity index (χ0) is 16.0. The molecule has 22 heavy (non-hydrogen) atoms. The summed E-state index contributed by atoms with van der Waals surface area (Å²) in [5.41, 5.74) is 0.157. The Bertz CT molecular complexity index is 643. The Morgan fingerprint density at radius 1 is 1.14 bits per heavy atom. The Balaban J connectivity index is 2.00. The summed E-state index contributed by atoms with van der Waals surface area (Å²) in [5, 5.41) is 20.5. The maximum Gasteiger partial charge on any atom is 0.243 e. The van der Waals surface area contributed by atoms with Crippen LogP contribution in [0.5, 0.6) is 0 Å². The molecule has 1 aliphatic heterocycles. The van der Waals surface area contributed by atoms with Gasteiger partial charge >= 0.3 is 0 Å². The highest BCUT2D eigenvalue weighted by molar-refractivity contribution is 7.89. The molecule has 3 atom stereocenters. The molecule has 2 N–H and O–H groups in total. The third-order valence-electron chi connectivity index (χ3n) is 5.10. The number of hydrogen-bond donors (Lipinski definition) is 2. The van der Waals surface area contributed by atoms with Gasteiger partial charge in [0.15, 0.2) is 0 Å². The van der Waals surface area contributed by atoms with E-state index in [1.54, 1.807) is 24.3 Å². The van der Waals surface area contributed by atoms with Crippen LogP contribution in [0.1, 0.15) is 37.7 Å². The van der Waals surface area contributed by atoms with E-state index in [9.17, 15) is 18.6 Å². The van der Waals surface area contributed by atoms with Crippen molar-refractivity contribution in [2.75, 3.05) is 6.54 Å². The third-order valence-corrected chi connectivity index (χ3v) is 7.10. The molecule has 2 fully saturated rings. The average molecular weight is 325 g/mol. The Labute approximate surface area is 131 Å². The largest absolute Gasteiger partial charge is 0.390 e. The first-order chi connectivity index (χ1) is 10.4. The third kappa shape index (κ3) is 2.38. The lowest BCUT2D eigenvalue weighted by Crippen LogP contribution is -2.60. The number of aliphatic hydroxyl groups excluding tert-OH is 2. The molecule has 0 radical (unpaired) electrons. The quantitative estimate of drug-likeness (QED) is 0.862. The second-order valence-corrected chi connectivity index (χ2v) is 8.36. The average Bonchev–Trinajstić information content (AvgIpc) is 2.91. The molecule has 0 amide bonds. The summed E-state index contributed by atoms with van der Waals surface area (Å²) in [7, 11) is -3.66. The highest BCUT2D eigenvalue weighted by atomic mass is 32.2. The highest BCUT2D eigenvalue weighted by Gasteiger charge is 2.55. The van der Waals surface area contributed by atoms with Crippen molar-refractivity contribution in [3.8, 4) is 0 Å². The van der Waals surface area contributed by atoms with Crippen LogP contribution in [0, 0.1) is 6.92 Å². The van der Waals surface area contributed by atoms with Crippen molar-refractivity contribution in [1.82, 2.24) is 4.31 Å². The molecule has 0 bridgehead atoms. The second-order valence-electron chi connectivity index (χ2n) is 6.50. The molecule has 1 aliphatic carbocycles. The van der Waals surface area contributed by atoms with E-state index >= 15 is 0 Å². The predicted molar refractivity (Wildman–Crippen MR) is 82.9 cm³/mol. The van der Waals surface area contributed by atoms with E-state index in [1.807, 2.05) is 6.92 Å². The van der Waals surface area contributed by atoms with E-state index in [-0.39, 0.29) is 4.90 Å². The standard InChI is InChI=1S/C16H23NO4S/c1-12-5-7-13(8-6-12)22(20,21)17-11-3-10-16(17)9-2-4-14(18)15(16)19/h5-8,14-15,18-19H,2-4,9-11H2,1H3/t14-,15-,16+/m1/s1. The van der Waals surface area contributed by atoms with E-state index in [4.69, 9.17) is 0 Å². The second kappa shape index (κ2) is 5.60. The van der Waals surface area contributed by atoms with Gasteiger partial charge in [-0.15, -0.1) is 0 Å². The molecule has 1 saturated carbocycles. The van der Waals surface area contributed by atoms with Crippen molar-refractivity contribution in [1.29, 1.82) is 0 Å². The fourth-order valence-electron chi connectivity index (χ4n) is 3.90. The number of rotatable bonds is 2. The first kappa shape index (κ1) is 15.9. The van der Waals surface area contributed by atoms with Crippen LogP contribution in [0.2, 0.25) is 0 Å². The Morgan fingerprint density at radius 3 is 2.45 bits per heavy atom. The SMILES string of the molecule is Cc1ccc(S(=O)(=O)N2CCC[C@]23CCC[C@@H](O)[C@H]3O)cc1. The van der Waals surface area contributed by atoms with Gasteiger partial charge in [-0.05, 0) is 51.2 Å². The van der Waals surface area contributed by atoms with E-state index in [0.717, 1.165) is 18.4 Å². The molecule has 0 unspecified atom stereocenters. The summed E-state index contributed by atoms with van der Waals surface area (Å²) < 4.78 is 27.5. The van der Waals surface area contributed by atoms with Crippen molar-refractivity contribution < 1.29 is 18.6 Å². The zero-order valence-electron chi connectivity index (χ0n) is 12.8. The van der Waals surface area contributed by atoms with Crippen molar-refractivity contribution in [2.45, 2.75) is 61.7 Å². The number of aryl methyl sites for hydroxylation is 1. The minimum atomic E-state index is -3.66. The topological polar surface area (TPSA) is 77.8 Å². The first-order valence-electron chi connectivity index (χ1n) is 7.83. The van der Waals surface area contributed by atoms with Crippen LogP contribution < -0.4 is 0 Å². The van der Waals surface area contributed by atoms with Gasteiger partial charge in [-0.1, -0.05) is 17.7 Å². The molecule has 1 aromatic carbocycles. The smallest absolute Gasteiger partial charge is 0.243 e. The lowest BCUT2D eigenvalue weighted by Gasteiger charge is -2.46. The molecule has 0 aromatic heterocycles. The van der Waals surface area contributed by atoms with Gasteiger partial charge in [0.2, 0.25) is 10.0 Å². The van der Waals surface area contributed by atoms with Crippen LogP contribution in [0.4, 0.5) is 0 Å².